The summed E-state index contributed by atoms with van der Waals surface area (Å²) in [6.45, 7) is 0. The topological polar surface area (TPSA) is 121 Å². The molecule has 0 saturated heterocycles. The summed E-state index contributed by atoms with van der Waals surface area (Å²) in [5.41, 5.74) is 10.2. The maximum atomic E-state index is 10.2. The first-order valence-corrected chi connectivity index (χ1v) is 14.4. The molecule has 0 amide bonds. The highest BCUT2D eigenvalue weighted by molar-refractivity contribution is 14.1. The Morgan fingerprint density at radius 1 is 0.535 bits per heavy atom. The second-order valence-corrected chi connectivity index (χ2v) is 11.1. The van der Waals surface area contributed by atoms with Crippen molar-refractivity contribution in [2.24, 2.45) is 0 Å². The van der Waals surface area contributed by atoms with E-state index in [0.29, 0.717) is 39.5 Å². The van der Waals surface area contributed by atoms with Crippen LogP contribution in [-0.2, 0) is 0 Å². The first kappa shape index (κ1) is 26.2. The van der Waals surface area contributed by atoms with Crippen LogP contribution in [0, 0.1) is 39.4 Å². The number of hydrogen-bond acceptors (Lipinski definition) is 6. The summed E-state index contributed by atoms with van der Waals surface area (Å²) in [6, 6.07) is 38.1. The van der Waals surface area contributed by atoms with Gasteiger partial charge >= 0.3 is 0 Å². The number of hydrogen-bond donors (Lipinski definition) is 1. The standard InChI is InChI=1S/C36H17IN6/c37-36(41)29(19-40)31-28-16-23(21-9-5-2-6-10-21)12-14-26(28)33-35(31)43-32-25-13-11-22(20-7-3-1-4-8-20)15-27(25)30(34(32)42-33)24(17-38)18-39/h1-16,41H/b31-29-,41-36?. The zero-order valence-electron chi connectivity index (χ0n) is 22.4. The summed E-state index contributed by atoms with van der Waals surface area (Å²) < 4.78 is 0.103. The van der Waals surface area contributed by atoms with Crippen molar-refractivity contribution in [3.63, 3.8) is 0 Å². The zero-order chi connectivity index (χ0) is 29.7. The molecule has 0 fully saturated rings. The second-order valence-electron chi connectivity index (χ2n) is 10.0. The highest BCUT2D eigenvalue weighted by Crippen LogP contribution is 2.51. The maximum Gasteiger partial charge on any atom is 0.139 e. The number of nitriles is 3. The highest BCUT2D eigenvalue weighted by Gasteiger charge is 2.37. The number of halogens is 1. The Morgan fingerprint density at radius 2 is 1.00 bits per heavy atom. The fourth-order valence-corrected chi connectivity index (χ4v) is 6.20. The molecule has 0 bridgehead atoms. The van der Waals surface area contributed by atoms with Gasteiger partial charge in [0.2, 0.25) is 0 Å². The van der Waals surface area contributed by atoms with E-state index < -0.39 is 0 Å². The molecule has 43 heavy (non-hydrogen) atoms. The second kappa shape index (κ2) is 10.3. The highest BCUT2D eigenvalue weighted by atomic mass is 127. The molecule has 2 aliphatic carbocycles. The van der Waals surface area contributed by atoms with Gasteiger partial charge in [-0.2, -0.15) is 15.8 Å². The maximum absolute atomic E-state index is 10.2. The molecule has 1 aromatic heterocycles. The van der Waals surface area contributed by atoms with Crippen molar-refractivity contribution in [2.75, 3.05) is 0 Å². The quantitative estimate of drug-likeness (QED) is 0.116. The number of rotatable bonds is 3. The lowest BCUT2D eigenvalue weighted by molar-refractivity contribution is 1.18. The SMILES string of the molecule is N#CC(C#N)=C1c2cc(-c3ccccc3)ccc2-c2nc3c(nc21)-c1ccc(-c2ccccc2)cc1/C3=C(\C#N)C(=N)I. The predicted molar refractivity (Wildman–Crippen MR) is 174 cm³/mol. The van der Waals surface area contributed by atoms with E-state index in [1.165, 1.54) is 0 Å². The van der Waals surface area contributed by atoms with Crippen molar-refractivity contribution < 1.29 is 0 Å². The Bertz CT molecular complexity index is 2210. The van der Waals surface area contributed by atoms with Crippen molar-refractivity contribution in [3.8, 4) is 63.0 Å². The molecule has 0 radical (unpaired) electrons. The Labute approximate surface area is 261 Å². The number of benzene rings is 4. The molecule has 0 aliphatic heterocycles. The van der Waals surface area contributed by atoms with Crippen LogP contribution in [-0.4, -0.2) is 13.7 Å². The Balaban J connectivity index is 1.52. The molecule has 5 aromatic rings. The molecule has 0 atom stereocenters. The van der Waals surface area contributed by atoms with Crippen LogP contribution >= 0.6 is 22.6 Å². The van der Waals surface area contributed by atoms with Crippen LogP contribution in [0.5, 0.6) is 0 Å². The molecule has 4 aromatic carbocycles. The van der Waals surface area contributed by atoms with Gasteiger partial charge < -0.3 is 0 Å². The average Bonchev–Trinajstić information content (AvgIpc) is 3.53. The molecule has 7 heteroatoms. The third-order valence-electron chi connectivity index (χ3n) is 7.73. The van der Waals surface area contributed by atoms with Crippen molar-refractivity contribution in [3.05, 3.63) is 131 Å². The average molecular weight is 660 g/mol. The third kappa shape index (κ3) is 4.08. The lowest BCUT2D eigenvalue weighted by atomic mass is 9.96. The molecule has 0 spiro atoms. The molecular weight excluding hydrogens is 643 g/mol. The molecule has 7 rings (SSSR count). The molecule has 0 saturated carbocycles. The molecular formula is C36H17IN6. The van der Waals surface area contributed by atoms with Crippen molar-refractivity contribution in [1.29, 1.82) is 21.2 Å². The number of nitrogens with one attached hydrogen (secondary N) is 1. The van der Waals surface area contributed by atoms with Crippen LogP contribution in [0.15, 0.2) is 108 Å². The van der Waals surface area contributed by atoms with E-state index in [9.17, 15) is 15.8 Å². The van der Waals surface area contributed by atoms with Crippen LogP contribution < -0.4 is 0 Å². The van der Waals surface area contributed by atoms with E-state index in [2.05, 4.69) is 18.2 Å². The normalized spacial score (nSPS) is 13.0. The first-order chi connectivity index (χ1) is 21.0. The van der Waals surface area contributed by atoms with Gasteiger partial charge in [-0.05, 0) is 68.1 Å². The van der Waals surface area contributed by atoms with Gasteiger partial charge in [0, 0.05) is 22.3 Å². The first-order valence-electron chi connectivity index (χ1n) is 13.3. The summed E-state index contributed by atoms with van der Waals surface area (Å²) >= 11 is 1.86. The molecule has 1 heterocycles. The minimum absolute atomic E-state index is 0.0420. The van der Waals surface area contributed by atoms with Crippen molar-refractivity contribution in [1.82, 2.24) is 9.97 Å². The molecule has 198 valence electrons. The van der Waals surface area contributed by atoms with E-state index in [0.717, 1.165) is 38.9 Å². The molecule has 0 unspecified atom stereocenters. The van der Waals surface area contributed by atoms with Crippen LogP contribution in [0.25, 0.3) is 55.9 Å². The van der Waals surface area contributed by atoms with Crippen LogP contribution in [0.1, 0.15) is 22.5 Å². The van der Waals surface area contributed by atoms with Gasteiger partial charge in [-0.3, -0.25) is 5.41 Å². The van der Waals surface area contributed by atoms with Crippen LogP contribution in [0.3, 0.4) is 0 Å². The largest absolute Gasteiger partial charge is 0.293 e. The molecule has 1 N–H and O–H groups in total. The van der Waals surface area contributed by atoms with Crippen LogP contribution in [0.2, 0.25) is 0 Å². The van der Waals surface area contributed by atoms with E-state index in [4.69, 9.17) is 15.4 Å². The lowest BCUT2D eigenvalue weighted by Crippen LogP contribution is -2.00. The van der Waals surface area contributed by atoms with Crippen molar-refractivity contribution >= 4 is 37.5 Å². The lowest BCUT2D eigenvalue weighted by Gasteiger charge is -2.08. The molecule has 6 nitrogen and oxygen atoms in total. The van der Waals surface area contributed by atoms with E-state index in [-0.39, 0.29) is 14.9 Å². The number of aromatic nitrogens is 2. The fourth-order valence-electron chi connectivity index (χ4n) is 5.81. The Morgan fingerprint density at radius 3 is 1.44 bits per heavy atom. The Kier molecular flexibility index (Phi) is 6.28. The third-order valence-corrected chi connectivity index (χ3v) is 8.27. The van der Waals surface area contributed by atoms with E-state index in [1.54, 1.807) is 0 Å². The summed E-state index contributed by atoms with van der Waals surface area (Å²) in [6.07, 6.45) is 0. The van der Waals surface area contributed by atoms with Gasteiger partial charge in [-0.1, -0.05) is 84.9 Å². The van der Waals surface area contributed by atoms with Gasteiger partial charge in [0.1, 0.15) is 33.2 Å². The summed E-state index contributed by atoms with van der Waals surface area (Å²) in [5, 5.41) is 38.5. The van der Waals surface area contributed by atoms with Gasteiger partial charge in [0.15, 0.2) is 0 Å². The Hall–Kier alpha value is -5.69. The smallest absolute Gasteiger partial charge is 0.139 e. The summed E-state index contributed by atoms with van der Waals surface area (Å²) in [5.74, 6) is 0. The minimum Gasteiger partial charge on any atom is -0.293 e. The predicted octanol–water partition coefficient (Wildman–Crippen LogP) is 8.36. The van der Waals surface area contributed by atoms with E-state index in [1.807, 2.05) is 120 Å². The summed E-state index contributed by atoms with van der Waals surface area (Å²) in [4.78, 5) is 10.2. The molecule has 2 aliphatic rings. The fraction of sp³-hybridized carbons (Fsp3) is 0. The number of nitrogens with zero attached hydrogens (tertiary/aromatic N) is 5. The van der Waals surface area contributed by atoms with Gasteiger partial charge in [-0.25, -0.2) is 9.97 Å². The van der Waals surface area contributed by atoms with Crippen molar-refractivity contribution in [2.45, 2.75) is 0 Å². The van der Waals surface area contributed by atoms with Gasteiger partial charge in [-0.15, -0.1) is 0 Å². The number of allylic oxidation sites excluding steroid dienone is 2. The zero-order valence-corrected chi connectivity index (χ0v) is 24.5. The number of fused-ring (bicyclic) bond motifs is 6. The van der Waals surface area contributed by atoms with Crippen LogP contribution in [0.4, 0.5) is 0 Å². The van der Waals surface area contributed by atoms with Gasteiger partial charge in [0.05, 0.1) is 22.7 Å². The van der Waals surface area contributed by atoms with Gasteiger partial charge in [0.25, 0.3) is 0 Å². The monoisotopic (exact) mass is 660 g/mol. The summed E-state index contributed by atoms with van der Waals surface area (Å²) in [7, 11) is 0. The van der Waals surface area contributed by atoms with E-state index >= 15 is 0 Å². The minimum atomic E-state index is -0.0420.